The van der Waals surface area contributed by atoms with E-state index < -0.39 is 6.04 Å². The van der Waals surface area contributed by atoms with E-state index >= 15 is 0 Å². The van der Waals surface area contributed by atoms with E-state index in [1.54, 1.807) is 0 Å². The van der Waals surface area contributed by atoms with Crippen molar-refractivity contribution in [3.05, 3.63) is 0 Å². The van der Waals surface area contributed by atoms with Crippen LogP contribution in [0.15, 0.2) is 0 Å². The topological polar surface area (TPSA) is 75.4 Å². The van der Waals surface area contributed by atoms with Gasteiger partial charge in [0.05, 0.1) is 12.6 Å². The first-order valence-electron chi connectivity index (χ1n) is 6.96. The van der Waals surface area contributed by atoms with Crippen molar-refractivity contribution in [1.82, 2.24) is 10.2 Å². The maximum atomic E-state index is 11.8. The Bertz CT molecular complexity index is 275. The molecule has 0 aliphatic carbocycles. The molecule has 0 bridgehead atoms. The Morgan fingerprint density at radius 3 is 2.56 bits per heavy atom. The summed E-state index contributed by atoms with van der Waals surface area (Å²) in [4.78, 5) is 25.3. The fourth-order valence-electron chi connectivity index (χ4n) is 2.10. The van der Waals surface area contributed by atoms with E-state index in [4.69, 9.17) is 5.73 Å². The number of amides is 2. The Morgan fingerprint density at radius 1 is 1.28 bits per heavy atom. The third-order valence-electron chi connectivity index (χ3n) is 3.33. The third kappa shape index (κ3) is 5.04. The summed E-state index contributed by atoms with van der Waals surface area (Å²) in [7, 11) is 0. The number of carbonyl (C=O) groups is 2. The minimum atomic E-state index is -0.487. The molecule has 1 unspecified atom stereocenters. The van der Waals surface area contributed by atoms with E-state index in [9.17, 15) is 9.59 Å². The molecule has 18 heavy (non-hydrogen) atoms. The number of hydrogen-bond donors (Lipinski definition) is 2. The number of nitrogens with one attached hydrogen (secondary N) is 1. The minimum Gasteiger partial charge on any atom is -0.346 e. The van der Waals surface area contributed by atoms with Gasteiger partial charge in [0.1, 0.15) is 0 Å². The molecule has 5 heteroatoms. The normalized spacial score (nSPS) is 17.3. The smallest absolute Gasteiger partial charge is 0.241 e. The van der Waals surface area contributed by atoms with Crippen molar-refractivity contribution in [1.29, 1.82) is 0 Å². The van der Waals surface area contributed by atoms with Crippen molar-refractivity contribution in [2.75, 3.05) is 19.6 Å². The number of rotatable bonds is 6. The fourth-order valence-corrected chi connectivity index (χ4v) is 2.10. The minimum absolute atomic E-state index is 0.00532. The average molecular weight is 255 g/mol. The van der Waals surface area contributed by atoms with Crippen molar-refractivity contribution < 1.29 is 9.59 Å². The molecule has 1 rings (SSSR count). The van der Waals surface area contributed by atoms with Crippen molar-refractivity contribution in [2.24, 2.45) is 5.73 Å². The van der Waals surface area contributed by atoms with Crippen LogP contribution in [0.5, 0.6) is 0 Å². The molecule has 5 nitrogen and oxygen atoms in total. The molecule has 1 atom stereocenters. The molecule has 1 heterocycles. The molecule has 0 radical (unpaired) electrons. The monoisotopic (exact) mass is 255 g/mol. The van der Waals surface area contributed by atoms with Crippen LogP contribution in [-0.4, -0.2) is 42.4 Å². The van der Waals surface area contributed by atoms with E-state index in [0.29, 0.717) is 6.42 Å². The van der Waals surface area contributed by atoms with Gasteiger partial charge in [0.15, 0.2) is 0 Å². The highest BCUT2D eigenvalue weighted by Gasteiger charge is 2.18. The van der Waals surface area contributed by atoms with Crippen LogP contribution in [0.2, 0.25) is 0 Å². The van der Waals surface area contributed by atoms with Crippen LogP contribution in [-0.2, 0) is 9.59 Å². The molecule has 0 aromatic heterocycles. The summed E-state index contributed by atoms with van der Waals surface area (Å²) in [5, 5.41) is 2.63. The summed E-state index contributed by atoms with van der Waals surface area (Å²) < 4.78 is 0. The van der Waals surface area contributed by atoms with Crippen LogP contribution < -0.4 is 11.1 Å². The Labute approximate surface area is 109 Å². The van der Waals surface area contributed by atoms with Crippen molar-refractivity contribution in [2.45, 2.75) is 51.5 Å². The average Bonchev–Trinajstić information content (AvgIpc) is 2.42. The van der Waals surface area contributed by atoms with Gasteiger partial charge in [-0.3, -0.25) is 9.59 Å². The van der Waals surface area contributed by atoms with Crippen LogP contribution in [0.1, 0.15) is 45.4 Å². The van der Waals surface area contributed by atoms with Gasteiger partial charge in [-0.05, 0) is 25.7 Å². The van der Waals surface area contributed by atoms with Crippen LogP contribution in [0.4, 0.5) is 0 Å². The number of carbonyl (C=O) groups excluding carboxylic acids is 2. The molecule has 104 valence electrons. The highest BCUT2D eigenvalue weighted by atomic mass is 16.2. The lowest BCUT2D eigenvalue weighted by atomic mass is 10.1. The van der Waals surface area contributed by atoms with Gasteiger partial charge in [-0.15, -0.1) is 0 Å². The second-order valence-corrected chi connectivity index (χ2v) is 4.91. The first kappa shape index (κ1) is 15.0. The van der Waals surface area contributed by atoms with E-state index in [1.165, 1.54) is 6.42 Å². The SMILES string of the molecule is CCCCC(N)C(=O)NCC(=O)N1CCCCC1. The van der Waals surface area contributed by atoms with Crippen LogP contribution in [0.3, 0.4) is 0 Å². The van der Waals surface area contributed by atoms with Gasteiger partial charge < -0.3 is 16.0 Å². The molecule has 1 fully saturated rings. The van der Waals surface area contributed by atoms with Gasteiger partial charge >= 0.3 is 0 Å². The highest BCUT2D eigenvalue weighted by Crippen LogP contribution is 2.08. The zero-order valence-corrected chi connectivity index (χ0v) is 11.3. The molecule has 0 aromatic carbocycles. The van der Waals surface area contributed by atoms with Crippen LogP contribution in [0.25, 0.3) is 0 Å². The summed E-state index contributed by atoms with van der Waals surface area (Å²) in [6.07, 6.45) is 5.96. The number of nitrogens with zero attached hydrogens (tertiary/aromatic N) is 1. The fraction of sp³-hybridized carbons (Fsp3) is 0.846. The van der Waals surface area contributed by atoms with Gasteiger partial charge in [0.25, 0.3) is 0 Å². The largest absolute Gasteiger partial charge is 0.346 e. The van der Waals surface area contributed by atoms with Crippen molar-refractivity contribution >= 4 is 11.8 Å². The van der Waals surface area contributed by atoms with E-state index in [-0.39, 0.29) is 18.4 Å². The molecule has 3 N–H and O–H groups in total. The number of likely N-dealkylation sites (tertiary alicyclic amines) is 1. The Balaban J connectivity index is 2.22. The summed E-state index contributed by atoms with van der Waals surface area (Å²) in [6.45, 7) is 3.77. The molecular formula is C13H25N3O2. The zero-order valence-electron chi connectivity index (χ0n) is 11.3. The van der Waals surface area contributed by atoms with Crippen LogP contribution >= 0.6 is 0 Å². The summed E-state index contributed by atoms with van der Waals surface area (Å²) >= 11 is 0. The molecule has 0 saturated carbocycles. The first-order chi connectivity index (χ1) is 8.65. The maximum absolute atomic E-state index is 11.8. The molecule has 1 saturated heterocycles. The maximum Gasteiger partial charge on any atom is 0.241 e. The molecule has 2 amide bonds. The lowest BCUT2D eigenvalue weighted by Crippen LogP contribution is -2.47. The Hall–Kier alpha value is -1.10. The third-order valence-corrected chi connectivity index (χ3v) is 3.33. The van der Waals surface area contributed by atoms with E-state index in [2.05, 4.69) is 12.2 Å². The van der Waals surface area contributed by atoms with Crippen LogP contribution in [0, 0.1) is 0 Å². The van der Waals surface area contributed by atoms with E-state index in [0.717, 1.165) is 38.8 Å². The van der Waals surface area contributed by atoms with Gasteiger partial charge in [0, 0.05) is 13.1 Å². The summed E-state index contributed by atoms with van der Waals surface area (Å²) in [5.74, 6) is -0.209. The molecule has 1 aliphatic rings. The van der Waals surface area contributed by atoms with Crippen molar-refractivity contribution in [3.8, 4) is 0 Å². The first-order valence-corrected chi connectivity index (χ1v) is 6.96. The van der Waals surface area contributed by atoms with Gasteiger partial charge in [-0.2, -0.15) is 0 Å². The van der Waals surface area contributed by atoms with Crippen molar-refractivity contribution in [3.63, 3.8) is 0 Å². The number of hydrogen-bond acceptors (Lipinski definition) is 3. The quantitative estimate of drug-likeness (QED) is 0.731. The van der Waals surface area contributed by atoms with Gasteiger partial charge in [-0.25, -0.2) is 0 Å². The second kappa shape index (κ2) is 8.08. The standard InChI is InChI=1S/C13H25N3O2/c1-2-3-7-11(14)13(18)15-10-12(17)16-8-5-4-6-9-16/h11H,2-10,14H2,1H3,(H,15,18). The Kier molecular flexibility index (Phi) is 6.72. The lowest BCUT2D eigenvalue weighted by molar-refractivity contribution is -0.133. The molecular weight excluding hydrogens is 230 g/mol. The number of piperidine rings is 1. The van der Waals surface area contributed by atoms with E-state index in [1.807, 2.05) is 4.90 Å². The molecule has 1 aliphatic heterocycles. The lowest BCUT2D eigenvalue weighted by Gasteiger charge is -2.26. The van der Waals surface area contributed by atoms with Gasteiger partial charge in [-0.1, -0.05) is 19.8 Å². The zero-order chi connectivity index (χ0) is 13.4. The number of nitrogens with two attached hydrogens (primary N) is 1. The second-order valence-electron chi connectivity index (χ2n) is 4.91. The molecule has 0 spiro atoms. The van der Waals surface area contributed by atoms with Gasteiger partial charge in [0.2, 0.25) is 11.8 Å². The molecule has 0 aromatic rings. The highest BCUT2D eigenvalue weighted by molar-refractivity contribution is 5.87. The Morgan fingerprint density at radius 2 is 1.94 bits per heavy atom. The number of unbranched alkanes of at least 4 members (excludes halogenated alkanes) is 1. The predicted molar refractivity (Wildman–Crippen MR) is 70.9 cm³/mol. The summed E-state index contributed by atoms with van der Waals surface area (Å²) in [6, 6.07) is -0.487. The predicted octanol–water partition coefficient (Wildman–Crippen LogP) is 0.633. The summed E-state index contributed by atoms with van der Waals surface area (Å²) in [5.41, 5.74) is 5.73.